The molecular weight excluding hydrogens is 411 g/mol. The third-order valence-electron chi connectivity index (χ3n) is 6.90. The van der Waals surface area contributed by atoms with Crippen LogP contribution < -0.4 is 0 Å². The Balaban J connectivity index is 1.11. The van der Waals surface area contributed by atoms with Crippen LogP contribution in [0.5, 0.6) is 0 Å². The number of urea groups is 1. The number of aromatic amines is 1. The quantitative estimate of drug-likeness (QED) is 0.801. The van der Waals surface area contributed by atoms with Crippen molar-refractivity contribution in [3.05, 3.63) is 35.9 Å². The molecule has 2 amide bonds. The summed E-state index contributed by atoms with van der Waals surface area (Å²) in [5.74, 6) is 1.41. The fourth-order valence-electron chi connectivity index (χ4n) is 5.36. The summed E-state index contributed by atoms with van der Waals surface area (Å²) in [5, 5.41) is 6.78. The summed E-state index contributed by atoms with van der Waals surface area (Å²) in [5.41, 5.74) is -0.221. The molecule has 4 heterocycles. The van der Waals surface area contributed by atoms with Crippen molar-refractivity contribution in [2.75, 3.05) is 26.2 Å². The van der Waals surface area contributed by atoms with Crippen molar-refractivity contribution in [1.29, 1.82) is 0 Å². The Kier molecular flexibility index (Phi) is 4.86. The van der Waals surface area contributed by atoms with Gasteiger partial charge in [0.25, 0.3) is 0 Å². The zero-order valence-corrected chi connectivity index (χ0v) is 17.0. The van der Waals surface area contributed by atoms with E-state index in [2.05, 4.69) is 25.1 Å². The number of hydrogen-bond donors (Lipinski definition) is 1. The van der Waals surface area contributed by atoms with Crippen LogP contribution in [0.2, 0.25) is 0 Å². The summed E-state index contributed by atoms with van der Waals surface area (Å²) in [6.45, 7) is 2.89. The zero-order chi connectivity index (χ0) is 21.6. The van der Waals surface area contributed by atoms with E-state index < -0.39 is 11.9 Å². The molecule has 11 heteroatoms. The molecule has 1 saturated carbocycles. The molecule has 31 heavy (non-hydrogen) atoms. The molecule has 1 N–H and O–H groups in total. The number of halogens is 3. The van der Waals surface area contributed by atoms with Crippen LogP contribution in [-0.4, -0.2) is 67.2 Å². The van der Waals surface area contributed by atoms with Gasteiger partial charge in [-0.1, -0.05) is 0 Å². The maximum absolute atomic E-state index is 12.9. The van der Waals surface area contributed by atoms with Crippen molar-refractivity contribution < 1.29 is 18.0 Å². The van der Waals surface area contributed by atoms with Gasteiger partial charge in [0.15, 0.2) is 5.69 Å². The van der Waals surface area contributed by atoms with Crippen LogP contribution in [0.4, 0.5) is 18.0 Å². The van der Waals surface area contributed by atoms with Crippen molar-refractivity contribution in [2.45, 2.75) is 44.2 Å². The molecule has 2 aromatic rings. The molecule has 2 aromatic heterocycles. The van der Waals surface area contributed by atoms with E-state index >= 15 is 0 Å². The summed E-state index contributed by atoms with van der Waals surface area (Å²) < 4.78 is 37.9. The Morgan fingerprint density at radius 2 is 2.00 bits per heavy atom. The van der Waals surface area contributed by atoms with Crippen molar-refractivity contribution in [3.8, 4) is 0 Å². The monoisotopic (exact) mass is 435 g/mol. The maximum atomic E-state index is 12.9. The Morgan fingerprint density at radius 3 is 2.68 bits per heavy atom. The first-order valence-electron chi connectivity index (χ1n) is 10.6. The van der Waals surface area contributed by atoms with Gasteiger partial charge in [0.05, 0.1) is 11.9 Å². The number of carbonyl (C=O) groups is 1. The highest BCUT2D eigenvalue weighted by molar-refractivity contribution is 5.76. The van der Waals surface area contributed by atoms with E-state index in [1.54, 1.807) is 0 Å². The molecule has 2 aliphatic heterocycles. The fraction of sp³-hybridized carbons (Fsp3) is 0.650. The van der Waals surface area contributed by atoms with Crippen LogP contribution in [0, 0.1) is 11.3 Å². The van der Waals surface area contributed by atoms with Crippen molar-refractivity contribution in [1.82, 2.24) is 34.9 Å². The van der Waals surface area contributed by atoms with Crippen molar-refractivity contribution in [2.24, 2.45) is 11.3 Å². The number of likely N-dealkylation sites (tertiary alicyclic amines) is 2. The minimum absolute atomic E-state index is 0.0877. The number of alkyl halides is 3. The van der Waals surface area contributed by atoms with Gasteiger partial charge in [-0.3, -0.25) is 10.1 Å². The molecule has 1 spiro atoms. The van der Waals surface area contributed by atoms with Crippen LogP contribution in [-0.2, 0) is 12.6 Å². The van der Waals surface area contributed by atoms with E-state index in [4.69, 9.17) is 0 Å². The molecule has 3 fully saturated rings. The zero-order valence-electron chi connectivity index (χ0n) is 17.0. The molecule has 0 unspecified atom stereocenters. The predicted molar refractivity (Wildman–Crippen MR) is 103 cm³/mol. The van der Waals surface area contributed by atoms with Crippen molar-refractivity contribution in [3.63, 3.8) is 0 Å². The second-order valence-corrected chi connectivity index (χ2v) is 9.14. The van der Waals surface area contributed by atoms with Gasteiger partial charge in [-0.05, 0) is 38.0 Å². The first kappa shape index (κ1) is 20.2. The van der Waals surface area contributed by atoms with Gasteiger partial charge >= 0.3 is 12.2 Å². The van der Waals surface area contributed by atoms with Crippen LogP contribution in [0.3, 0.4) is 0 Å². The summed E-state index contributed by atoms with van der Waals surface area (Å²) >= 11 is 0. The predicted octanol–water partition coefficient (Wildman–Crippen LogP) is 2.87. The summed E-state index contributed by atoms with van der Waals surface area (Å²) in [6, 6.07) is 0.0877. The highest BCUT2D eigenvalue weighted by atomic mass is 19.4. The largest absolute Gasteiger partial charge is 0.434 e. The van der Waals surface area contributed by atoms with E-state index in [0.717, 1.165) is 57.3 Å². The molecule has 0 radical (unpaired) electrons. The second kappa shape index (κ2) is 7.45. The molecule has 2 atom stereocenters. The first-order chi connectivity index (χ1) is 14.8. The van der Waals surface area contributed by atoms with Crippen molar-refractivity contribution >= 4 is 6.03 Å². The van der Waals surface area contributed by atoms with Crippen LogP contribution in [0.1, 0.15) is 48.8 Å². The van der Waals surface area contributed by atoms with E-state index in [0.29, 0.717) is 24.6 Å². The van der Waals surface area contributed by atoms with Crippen LogP contribution in [0.25, 0.3) is 0 Å². The lowest BCUT2D eigenvalue weighted by Crippen LogP contribution is -2.60. The standard InChI is InChI=1S/C20H24F3N7O/c21-20(22,23)16-8-24-15(7-25-16)5-13-1-3-19(6-13)10-30(11-19)18(31)29-4-2-14(9-29)17-26-12-27-28-17/h7-8,12-14H,1-6,9-11H2,(H,26,27,28)/t13-,14+/m1/s1. The van der Waals surface area contributed by atoms with Gasteiger partial charge in [-0.2, -0.15) is 18.3 Å². The number of aromatic nitrogens is 5. The first-order valence-corrected chi connectivity index (χ1v) is 10.6. The topological polar surface area (TPSA) is 90.9 Å². The maximum Gasteiger partial charge on any atom is 0.434 e. The number of nitrogens with zero attached hydrogens (tertiary/aromatic N) is 6. The van der Waals surface area contributed by atoms with E-state index in [1.807, 2.05) is 9.80 Å². The molecule has 1 aliphatic carbocycles. The van der Waals surface area contributed by atoms with E-state index in [9.17, 15) is 18.0 Å². The minimum atomic E-state index is -4.46. The number of amides is 2. The summed E-state index contributed by atoms with van der Waals surface area (Å²) in [6.07, 6.45) is 3.61. The lowest BCUT2D eigenvalue weighted by atomic mass is 9.77. The van der Waals surface area contributed by atoms with Crippen LogP contribution >= 0.6 is 0 Å². The molecule has 0 bridgehead atoms. The smallest absolute Gasteiger partial charge is 0.324 e. The Bertz CT molecular complexity index is 925. The summed E-state index contributed by atoms with van der Waals surface area (Å²) in [4.78, 5) is 28.3. The molecule has 3 aliphatic rings. The number of carbonyl (C=O) groups excluding carboxylic acids is 1. The molecule has 8 nitrogen and oxygen atoms in total. The minimum Gasteiger partial charge on any atom is -0.324 e. The lowest BCUT2D eigenvalue weighted by Gasteiger charge is -2.49. The summed E-state index contributed by atoms with van der Waals surface area (Å²) in [7, 11) is 0. The average Bonchev–Trinajstić information content (AvgIpc) is 3.45. The third kappa shape index (κ3) is 3.97. The fourth-order valence-corrected chi connectivity index (χ4v) is 5.36. The number of hydrogen-bond acceptors (Lipinski definition) is 5. The number of H-pyrrole nitrogens is 1. The van der Waals surface area contributed by atoms with Crippen LogP contribution in [0.15, 0.2) is 18.7 Å². The van der Waals surface area contributed by atoms with Gasteiger partial charge < -0.3 is 9.80 Å². The third-order valence-corrected chi connectivity index (χ3v) is 6.90. The van der Waals surface area contributed by atoms with Gasteiger partial charge in [0, 0.05) is 43.7 Å². The average molecular weight is 435 g/mol. The Labute approximate surface area is 177 Å². The lowest BCUT2D eigenvalue weighted by molar-refractivity contribution is -0.141. The second-order valence-electron chi connectivity index (χ2n) is 9.14. The SMILES string of the molecule is O=C(N1CC[C@H](c2ncn[nH]2)C1)N1CC2(CC[C@H](Cc3cnc(C(F)(F)F)cn3)C2)C1. The highest BCUT2D eigenvalue weighted by Gasteiger charge is 2.50. The van der Waals surface area contributed by atoms with Gasteiger partial charge in [0.1, 0.15) is 12.2 Å². The Hall–Kier alpha value is -2.72. The van der Waals surface area contributed by atoms with E-state index in [-0.39, 0.29) is 17.4 Å². The Morgan fingerprint density at radius 1 is 1.16 bits per heavy atom. The molecular formula is C20H24F3N7O. The number of nitrogens with one attached hydrogen (secondary N) is 1. The van der Waals surface area contributed by atoms with Gasteiger partial charge in [-0.25, -0.2) is 14.8 Å². The molecule has 2 saturated heterocycles. The molecule has 166 valence electrons. The molecule has 5 rings (SSSR count). The normalized spacial score (nSPS) is 25.3. The molecule has 0 aromatic carbocycles. The highest BCUT2D eigenvalue weighted by Crippen LogP contribution is 2.49. The van der Waals surface area contributed by atoms with Gasteiger partial charge in [0.2, 0.25) is 0 Å². The van der Waals surface area contributed by atoms with E-state index in [1.165, 1.54) is 12.5 Å². The number of rotatable bonds is 3. The van der Waals surface area contributed by atoms with Gasteiger partial charge in [-0.15, -0.1) is 0 Å².